The molecule has 4 rings (SSSR count). The lowest BCUT2D eigenvalue weighted by Crippen LogP contribution is -2.15. The van der Waals surface area contributed by atoms with Crippen molar-refractivity contribution in [2.75, 3.05) is 18.2 Å². The molecule has 1 heterocycles. The summed E-state index contributed by atoms with van der Waals surface area (Å²) in [6, 6.07) is 24.0. The number of hydrogen-bond donors (Lipinski definition) is 1. The molecule has 9 heteroatoms. The van der Waals surface area contributed by atoms with Gasteiger partial charge in [-0.15, -0.1) is 10.2 Å². The molecule has 1 N–H and O–H groups in total. The van der Waals surface area contributed by atoms with Crippen molar-refractivity contribution in [2.45, 2.75) is 5.16 Å². The molecule has 4 aromatic rings. The Bertz CT molecular complexity index is 1320. The topological polar surface area (TPSA) is 94.1 Å². The van der Waals surface area contributed by atoms with Crippen molar-refractivity contribution in [3.8, 4) is 22.5 Å². The number of carbonyl (C=O) groups excluding carboxylic acids is 2. The van der Waals surface area contributed by atoms with Crippen LogP contribution < -0.4 is 5.32 Å². The average molecular weight is 491 g/mol. The van der Waals surface area contributed by atoms with Gasteiger partial charge in [0.1, 0.15) is 11.4 Å². The fraction of sp³-hybridized carbons (Fsp3) is 0.0800. The quantitative estimate of drug-likeness (QED) is 0.274. The van der Waals surface area contributed by atoms with Crippen molar-refractivity contribution in [2.24, 2.45) is 0 Å². The number of hydrogen-bond acceptors (Lipinski definition) is 7. The highest BCUT2D eigenvalue weighted by atomic mass is 35.5. The summed E-state index contributed by atoms with van der Waals surface area (Å²) >= 11 is 7.19. The lowest BCUT2D eigenvalue weighted by Gasteiger charge is -2.10. The minimum Gasteiger partial charge on any atom is -0.465 e. The van der Waals surface area contributed by atoms with Gasteiger partial charge in [0.25, 0.3) is 0 Å². The Morgan fingerprint density at radius 1 is 0.912 bits per heavy atom. The number of nitrogens with one attached hydrogen (secondary N) is 1. The molecule has 0 unspecified atom stereocenters. The molecule has 0 saturated carbocycles. The zero-order valence-electron chi connectivity index (χ0n) is 18.1. The number of aromatic nitrogens is 3. The van der Waals surface area contributed by atoms with Crippen LogP contribution in [0.3, 0.4) is 0 Å². The minimum absolute atomic E-state index is 0.0524. The van der Waals surface area contributed by atoms with Crippen LogP contribution in [0.15, 0.2) is 84.0 Å². The predicted octanol–water partition coefficient (Wildman–Crippen LogP) is 5.38. The first kappa shape index (κ1) is 23.4. The lowest BCUT2D eigenvalue weighted by atomic mass is 10.0. The van der Waals surface area contributed by atoms with Gasteiger partial charge >= 0.3 is 5.97 Å². The molecule has 1 amide bonds. The van der Waals surface area contributed by atoms with E-state index in [1.807, 2.05) is 60.7 Å². The van der Waals surface area contributed by atoms with Gasteiger partial charge in [-0.3, -0.25) is 4.79 Å². The largest absolute Gasteiger partial charge is 0.465 e. The molecule has 0 radical (unpaired) electrons. The number of carbonyl (C=O) groups is 2. The molecule has 0 atom stereocenters. The summed E-state index contributed by atoms with van der Waals surface area (Å²) in [6.07, 6.45) is 0. The first-order valence-electron chi connectivity index (χ1n) is 10.2. The number of ether oxygens (including phenoxy) is 1. The highest BCUT2D eigenvalue weighted by Crippen LogP contribution is 2.29. The average Bonchev–Trinajstić information content (AvgIpc) is 2.89. The Morgan fingerprint density at radius 2 is 1.56 bits per heavy atom. The number of thioether (sulfide) groups is 1. The number of methoxy groups -OCH3 is 1. The zero-order chi connectivity index (χ0) is 23.9. The molecular weight excluding hydrogens is 472 g/mol. The predicted molar refractivity (Wildman–Crippen MR) is 133 cm³/mol. The molecule has 0 saturated heterocycles. The monoisotopic (exact) mass is 490 g/mol. The number of anilines is 1. The van der Waals surface area contributed by atoms with E-state index in [1.165, 1.54) is 19.2 Å². The molecule has 0 aliphatic heterocycles. The summed E-state index contributed by atoms with van der Waals surface area (Å²) in [5, 5.41) is 12.0. The van der Waals surface area contributed by atoms with E-state index in [2.05, 4.69) is 20.5 Å². The van der Waals surface area contributed by atoms with Gasteiger partial charge in [-0.25, -0.2) is 9.78 Å². The molecule has 170 valence electrons. The third-order valence-corrected chi connectivity index (χ3v) is 5.92. The van der Waals surface area contributed by atoms with Crippen LogP contribution in [0.4, 0.5) is 5.69 Å². The Labute approximate surface area is 205 Å². The van der Waals surface area contributed by atoms with E-state index >= 15 is 0 Å². The molecule has 0 fully saturated rings. The number of halogens is 1. The molecule has 3 aromatic carbocycles. The van der Waals surface area contributed by atoms with E-state index in [0.717, 1.165) is 22.9 Å². The Morgan fingerprint density at radius 3 is 2.21 bits per heavy atom. The molecular formula is C25H19ClN4O3S. The third kappa shape index (κ3) is 5.59. The van der Waals surface area contributed by atoms with Crippen LogP contribution in [-0.4, -0.2) is 39.9 Å². The van der Waals surface area contributed by atoms with Crippen LogP contribution in [0.25, 0.3) is 22.5 Å². The molecule has 0 aliphatic carbocycles. The van der Waals surface area contributed by atoms with Gasteiger partial charge in [-0.05, 0) is 18.2 Å². The molecule has 1 aromatic heterocycles. The number of nitrogens with zero attached hydrogens (tertiary/aromatic N) is 3. The van der Waals surface area contributed by atoms with Gasteiger partial charge in [0.2, 0.25) is 11.1 Å². The van der Waals surface area contributed by atoms with Gasteiger partial charge in [0.05, 0.1) is 23.4 Å². The van der Waals surface area contributed by atoms with E-state index < -0.39 is 5.97 Å². The van der Waals surface area contributed by atoms with Gasteiger partial charge in [-0.2, -0.15) is 0 Å². The van der Waals surface area contributed by atoms with E-state index in [0.29, 0.717) is 22.2 Å². The maximum atomic E-state index is 12.5. The number of esters is 1. The van der Waals surface area contributed by atoms with Crippen LogP contribution in [0, 0.1) is 0 Å². The highest BCUT2D eigenvalue weighted by molar-refractivity contribution is 7.99. The van der Waals surface area contributed by atoms with E-state index in [1.54, 1.807) is 6.07 Å². The Balaban J connectivity index is 1.51. The maximum absolute atomic E-state index is 12.5. The lowest BCUT2D eigenvalue weighted by molar-refractivity contribution is -0.113. The second-order valence-corrected chi connectivity index (χ2v) is 8.40. The van der Waals surface area contributed by atoms with Crippen LogP contribution in [0.1, 0.15) is 10.4 Å². The molecule has 34 heavy (non-hydrogen) atoms. The van der Waals surface area contributed by atoms with Gasteiger partial charge < -0.3 is 10.1 Å². The minimum atomic E-state index is -0.582. The smallest absolute Gasteiger partial charge is 0.339 e. The van der Waals surface area contributed by atoms with E-state index in [4.69, 9.17) is 16.3 Å². The molecule has 0 spiro atoms. The second-order valence-electron chi connectivity index (χ2n) is 7.05. The summed E-state index contributed by atoms with van der Waals surface area (Å²) < 4.78 is 4.71. The zero-order valence-corrected chi connectivity index (χ0v) is 19.6. The summed E-state index contributed by atoms with van der Waals surface area (Å²) in [5.41, 5.74) is 3.76. The van der Waals surface area contributed by atoms with Gasteiger partial charge in [0, 0.05) is 16.8 Å². The summed E-state index contributed by atoms with van der Waals surface area (Å²) in [7, 11) is 1.27. The van der Waals surface area contributed by atoms with Gasteiger partial charge in [0.15, 0.2) is 0 Å². The molecule has 0 aliphatic rings. The fourth-order valence-electron chi connectivity index (χ4n) is 3.16. The van der Waals surface area contributed by atoms with Crippen molar-refractivity contribution in [1.82, 2.24) is 15.2 Å². The van der Waals surface area contributed by atoms with Crippen LogP contribution >= 0.6 is 23.4 Å². The van der Waals surface area contributed by atoms with Crippen LogP contribution in [-0.2, 0) is 9.53 Å². The van der Waals surface area contributed by atoms with Crippen LogP contribution in [0.5, 0.6) is 0 Å². The first-order valence-corrected chi connectivity index (χ1v) is 11.6. The summed E-state index contributed by atoms with van der Waals surface area (Å²) in [4.78, 5) is 29.0. The van der Waals surface area contributed by atoms with Gasteiger partial charge in [-0.1, -0.05) is 84.0 Å². The van der Waals surface area contributed by atoms with E-state index in [9.17, 15) is 9.59 Å². The van der Waals surface area contributed by atoms with Crippen molar-refractivity contribution >= 4 is 40.9 Å². The van der Waals surface area contributed by atoms with Crippen molar-refractivity contribution in [3.05, 3.63) is 89.4 Å². The van der Waals surface area contributed by atoms with E-state index in [-0.39, 0.29) is 22.2 Å². The normalized spacial score (nSPS) is 10.5. The SMILES string of the molecule is COC(=O)c1cc(NC(=O)CSc2nnc(-c3ccccc3)c(-c3ccccc3)n2)ccc1Cl. The van der Waals surface area contributed by atoms with Crippen LogP contribution in [0.2, 0.25) is 5.02 Å². The fourth-order valence-corrected chi connectivity index (χ4v) is 3.94. The first-order chi connectivity index (χ1) is 16.5. The van der Waals surface area contributed by atoms with Crippen molar-refractivity contribution in [1.29, 1.82) is 0 Å². The Kier molecular flexibility index (Phi) is 7.51. The summed E-state index contributed by atoms with van der Waals surface area (Å²) in [5.74, 6) is -0.821. The third-order valence-electron chi connectivity index (χ3n) is 4.75. The number of benzene rings is 3. The molecule has 7 nitrogen and oxygen atoms in total. The number of rotatable bonds is 7. The Hall–Kier alpha value is -3.75. The maximum Gasteiger partial charge on any atom is 0.339 e. The van der Waals surface area contributed by atoms with Crippen molar-refractivity contribution in [3.63, 3.8) is 0 Å². The standard InChI is InChI=1S/C25H19ClN4O3S/c1-33-24(32)19-14-18(12-13-20(19)26)27-21(31)15-34-25-28-22(16-8-4-2-5-9-16)23(29-30-25)17-10-6-3-7-11-17/h2-14H,15H2,1H3,(H,27,31). The van der Waals surface area contributed by atoms with Crippen molar-refractivity contribution < 1.29 is 14.3 Å². The number of amides is 1. The summed E-state index contributed by atoms with van der Waals surface area (Å²) in [6.45, 7) is 0. The second kappa shape index (κ2) is 10.9. The molecule has 0 bridgehead atoms. The highest BCUT2D eigenvalue weighted by Gasteiger charge is 2.16.